The first-order chi connectivity index (χ1) is 9.14. The van der Waals surface area contributed by atoms with Crippen molar-refractivity contribution in [3.05, 3.63) is 35.9 Å². The van der Waals surface area contributed by atoms with Crippen molar-refractivity contribution in [1.82, 2.24) is 5.32 Å². The van der Waals surface area contributed by atoms with Crippen LogP contribution in [-0.4, -0.2) is 19.8 Å². The second-order valence-electron chi connectivity index (χ2n) is 5.61. The molecule has 0 bridgehead atoms. The molecule has 0 aliphatic carbocycles. The average Bonchev–Trinajstić information content (AvgIpc) is 2.39. The highest BCUT2D eigenvalue weighted by Gasteiger charge is 2.17. The summed E-state index contributed by atoms with van der Waals surface area (Å²) in [5.41, 5.74) is 1.46. The summed E-state index contributed by atoms with van der Waals surface area (Å²) in [7, 11) is 0. The van der Waals surface area contributed by atoms with E-state index >= 15 is 0 Å². The van der Waals surface area contributed by atoms with E-state index < -0.39 is 0 Å². The normalized spacial score (nSPS) is 11.2. The maximum absolute atomic E-state index is 5.67. The lowest BCUT2D eigenvalue weighted by molar-refractivity contribution is 0.0611. The smallest absolute Gasteiger partial charge is 0.0529 e. The molecule has 0 saturated carbocycles. The average molecular weight is 259 g/mol. The van der Waals surface area contributed by atoms with Gasteiger partial charge in [-0.3, -0.25) is 0 Å². The number of hydrogen-bond acceptors (Lipinski definition) is 2. The number of ether oxygens (including phenoxy) is 1. The van der Waals surface area contributed by atoms with Crippen LogP contribution in [0.2, 0.25) is 0 Å². The zero-order valence-electron chi connectivity index (χ0n) is 12.1. The van der Waals surface area contributed by atoms with E-state index in [1.54, 1.807) is 0 Å². The van der Waals surface area contributed by atoms with Crippen LogP contribution in [0.15, 0.2) is 30.3 Å². The summed E-state index contributed by atoms with van der Waals surface area (Å²) in [5, 5.41) is 3.48. The molecule has 0 fully saturated rings. The monoisotopic (exact) mass is 259 g/mol. The van der Waals surface area contributed by atoms with Crippen molar-refractivity contribution in [2.75, 3.05) is 19.8 Å². The standard InChI is InChI=1S/C17H25NO/c1-4-5-9-12-19-15-17(2,3)14-18-13-16-10-7-6-8-11-16/h1,6-8,10-11,18H,5,9,12-15H2,2-3H3. The molecule has 1 aromatic rings. The Morgan fingerprint density at radius 2 is 2.00 bits per heavy atom. The number of benzene rings is 1. The van der Waals surface area contributed by atoms with Crippen molar-refractivity contribution >= 4 is 0 Å². The molecule has 0 amide bonds. The van der Waals surface area contributed by atoms with Gasteiger partial charge in [-0.1, -0.05) is 44.2 Å². The van der Waals surface area contributed by atoms with Gasteiger partial charge >= 0.3 is 0 Å². The van der Waals surface area contributed by atoms with Crippen LogP contribution < -0.4 is 5.32 Å². The highest BCUT2D eigenvalue weighted by atomic mass is 16.5. The molecule has 0 heterocycles. The lowest BCUT2D eigenvalue weighted by Crippen LogP contribution is -2.33. The number of hydrogen-bond donors (Lipinski definition) is 1. The van der Waals surface area contributed by atoms with E-state index in [9.17, 15) is 0 Å². The quantitative estimate of drug-likeness (QED) is 0.543. The van der Waals surface area contributed by atoms with Gasteiger partial charge in [0.05, 0.1) is 6.61 Å². The lowest BCUT2D eigenvalue weighted by Gasteiger charge is -2.25. The topological polar surface area (TPSA) is 21.3 Å². The molecule has 0 aliphatic heterocycles. The first kappa shape index (κ1) is 15.8. The molecule has 0 atom stereocenters. The molecule has 1 rings (SSSR count). The van der Waals surface area contributed by atoms with Gasteiger partial charge in [0.15, 0.2) is 0 Å². The van der Waals surface area contributed by atoms with Gasteiger partial charge in [-0.2, -0.15) is 0 Å². The van der Waals surface area contributed by atoms with Crippen LogP contribution in [0.4, 0.5) is 0 Å². The highest BCUT2D eigenvalue weighted by Crippen LogP contribution is 2.14. The molecule has 104 valence electrons. The van der Waals surface area contributed by atoms with Gasteiger partial charge in [0.1, 0.15) is 0 Å². The van der Waals surface area contributed by atoms with Crippen LogP contribution in [0.5, 0.6) is 0 Å². The van der Waals surface area contributed by atoms with Crippen molar-refractivity contribution in [1.29, 1.82) is 0 Å². The molecule has 2 nitrogen and oxygen atoms in total. The third-order valence-corrected chi connectivity index (χ3v) is 2.88. The highest BCUT2D eigenvalue weighted by molar-refractivity contribution is 5.14. The van der Waals surface area contributed by atoms with Crippen LogP contribution in [0.1, 0.15) is 32.3 Å². The lowest BCUT2D eigenvalue weighted by atomic mass is 9.95. The molecule has 1 aromatic carbocycles. The molecule has 2 heteroatoms. The summed E-state index contributed by atoms with van der Waals surface area (Å²) in [6.07, 6.45) is 6.95. The molecule has 0 radical (unpaired) electrons. The summed E-state index contributed by atoms with van der Waals surface area (Å²) in [4.78, 5) is 0. The SMILES string of the molecule is C#CCCCOCC(C)(C)CNCc1ccccc1. The van der Waals surface area contributed by atoms with Gasteiger partial charge in [0.2, 0.25) is 0 Å². The molecular weight excluding hydrogens is 234 g/mol. The molecule has 0 unspecified atom stereocenters. The molecule has 1 N–H and O–H groups in total. The Kier molecular flexibility index (Phi) is 7.25. The van der Waals surface area contributed by atoms with Crippen LogP contribution in [0, 0.1) is 17.8 Å². The van der Waals surface area contributed by atoms with E-state index in [4.69, 9.17) is 11.2 Å². The first-order valence-corrected chi connectivity index (χ1v) is 6.90. The third-order valence-electron chi connectivity index (χ3n) is 2.88. The number of rotatable bonds is 9. The zero-order valence-corrected chi connectivity index (χ0v) is 12.1. The van der Waals surface area contributed by atoms with Crippen molar-refractivity contribution in [2.24, 2.45) is 5.41 Å². The Balaban J connectivity index is 2.14. The molecule has 0 aromatic heterocycles. The summed E-state index contributed by atoms with van der Waals surface area (Å²) in [5.74, 6) is 2.63. The Bertz CT molecular complexity index is 378. The predicted octanol–water partition coefficient (Wildman–Crippen LogP) is 3.23. The van der Waals surface area contributed by atoms with Crippen LogP contribution in [0.25, 0.3) is 0 Å². The molecule has 0 saturated heterocycles. The van der Waals surface area contributed by atoms with Gasteiger partial charge in [0.25, 0.3) is 0 Å². The number of nitrogens with one attached hydrogen (secondary N) is 1. The minimum Gasteiger partial charge on any atom is -0.381 e. The maximum atomic E-state index is 5.67. The summed E-state index contributed by atoms with van der Waals surface area (Å²) >= 11 is 0. The Labute approximate surface area is 117 Å². The van der Waals surface area contributed by atoms with Crippen LogP contribution in [0.3, 0.4) is 0 Å². The Morgan fingerprint density at radius 3 is 2.68 bits per heavy atom. The Morgan fingerprint density at radius 1 is 1.26 bits per heavy atom. The van der Waals surface area contributed by atoms with Gasteiger partial charge in [-0.15, -0.1) is 12.3 Å². The number of unbranched alkanes of at least 4 members (excludes halogenated alkanes) is 1. The van der Waals surface area contributed by atoms with Crippen LogP contribution >= 0.6 is 0 Å². The van der Waals surface area contributed by atoms with E-state index in [0.717, 1.165) is 39.1 Å². The van der Waals surface area contributed by atoms with E-state index in [1.165, 1.54) is 5.56 Å². The minimum atomic E-state index is 0.144. The summed E-state index contributed by atoms with van der Waals surface area (Å²) in [6.45, 7) is 7.79. The van der Waals surface area contributed by atoms with Crippen molar-refractivity contribution in [3.8, 4) is 12.3 Å². The van der Waals surface area contributed by atoms with E-state index in [1.807, 2.05) is 6.07 Å². The fourth-order valence-electron chi connectivity index (χ4n) is 1.82. The van der Waals surface area contributed by atoms with E-state index in [2.05, 4.69) is 49.4 Å². The van der Waals surface area contributed by atoms with Gasteiger partial charge < -0.3 is 10.1 Å². The molecule has 0 aliphatic rings. The minimum absolute atomic E-state index is 0.144. The van der Waals surface area contributed by atoms with Gasteiger partial charge in [-0.25, -0.2) is 0 Å². The predicted molar refractivity (Wildman–Crippen MR) is 80.8 cm³/mol. The second kappa shape index (κ2) is 8.74. The molecular formula is C17H25NO. The van der Waals surface area contributed by atoms with Crippen LogP contribution in [-0.2, 0) is 11.3 Å². The zero-order chi connectivity index (χ0) is 14.0. The van der Waals surface area contributed by atoms with Gasteiger partial charge in [0, 0.05) is 31.5 Å². The van der Waals surface area contributed by atoms with Gasteiger partial charge in [-0.05, 0) is 12.0 Å². The van der Waals surface area contributed by atoms with E-state index in [-0.39, 0.29) is 5.41 Å². The maximum Gasteiger partial charge on any atom is 0.0529 e. The molecule has 19 heavy (non-hydrogen) atoms. The largest absolute Gasteiger partial charge is 0.381 e. The fraction of sp³-hybridized carbons (Fsp3) is 0.529. The summed E-state index contributed by atoms with van der Waals surface area (Å²) < 4.78 is 5.67. The van der Waals surface area contributed by atoms with E-state index in [0.29, 0.717) is 0 Å². The van der Waals surface area contributed by atoms with Crippen molar-refractivity contribution in [2.45, 2.75) is 33.2 Å². The van der Waals surface area contributed by atoms with Crippen molar-refractivity contribution < 1.29 is 4.74 Å². The second-order valence-corrected chi connectivity index (χ2v) is 5.61. The first-order valence-electron chi connectivity index (χ1n) is 6.90. The van der Waals surface area contributed by atoms with Crippen molar-refractivity contribution in [3.63, 3.8) is 0 Å². The third kappa shape index (κ3) is 7.66. The Hall–Kier alpha value is -1.30. The fourth-order valence-corrected chi connectivity index (χ4v) is 1.82. The number of terminal acetylenes is 1. The molecule has 0 spiro atoms. The summed E-state index contributed by atoms with van der Waals surface area (Å²) in [6, 6.07) is 10.4.